The second-order valence-corrected chi connectivity index (χ2v) is 4.20. The molecule has 0 bridgehead atoms. The van der Waals surface area contributed by atoms with Crippen molar-refractivity contribution in [2.75, 3.05) is 12.3 Å². The molecule has 0 unspecified atom stereocenters. The summed E-state index contributed by atoms with van der Waals surface area (Å²) in [6.45, 7) is 4.52. The van der Waals surface area contributed by atoms with Gasteiger partial charge in [-0.25, -0.2) is 4.98 Å². The number of anilines is 1. The molecule has 0 fully saturated rings. The highest BCUT2D eigenvalue weighted by Gasteiger charge is 2.11. The minimum Gasteiger partial charge on any atom is -0.397 e. The Balaban J connectivity index is 2.45. The molecule has 1 aromatic carbocycles. The van der Waals surface area contributed by atoms with E-state index in [9.17, 15) is 4.79 Å². The Labute approximate surface area is 112 Å². The highest BCUT2D eigenvalue weighted by atomic mass is 16.1. The molecule has 2 rings (SSSR count). The van der Waals surface area contributed by atoms with E-state index in [2.05, 4.69) is 10.3 Å². The number of aryl methyl sites for hydroxylation is 1. The van der Waals surface area contributed by atoms with Crippen LogP contribution in [0.15, 0.2) is 30.6 Å². The van der Waals surface area contributed by atoms with Gasteiger partial charge in [-0.3, -0.25) is 4.79 Å². The molecule has 0 aliphatic rings. The zero-order valence-corrected chi connectivity index (χ0v) is 11.2. The lowest BCUT2D eigenvalue weighted by Crippen LogP contribution is -2.22. The quantitative estimate of drug-likeness (QED) is 0.821. The minimum absolute atomic E-state index is 0.0955. The van der Waals surface area contributed by atoms with E-state index in [0.717, 1.165) is 17.9 Å². The van der Waals surface area contributed by atoms with E-state index in [-0.39, 0.29) is 5.91 Å². The van der Waals surface area contributed by atoms with Crippen LogP contribution in [0.2, 0.25) is 0 Å². The fourth-order valence-corrected chi connectivity index (χ4v) is 1.97. The topological polar surface area (TPSA) is 72.9 Å². The van der Waals surface area contributed by atoms with Gasteiger partial charge in [0.2, 0.25) is 0 Å². The van der Waals surface area contributed by atoms with E-state index in [1.54, 1.807) is 24.4 Å². The maximum Gasteiger partial charge on any atom is 0.251 e. The minimum atomic E-state index is -0.0955. The lowest BCUT2D eigenvalue weighted by molar-refractivity contribution is 0.0956. The number of amides is 1. The van der Waals surface area contributed by atoms with Crippen LogP contribution < -0.4 is 11.1 Å². The Morgan fingerprint density at radius 1 is 1.42 bits per heavy atom. The van der Waals surface area contributed by atoms with Crippen LogP contribution in [-0.2, 0) is 6.42 Å². The molecule has 0 spiro atoms. The number of hydrogen-bond donors (Lipinski definition) is 2. The van der Waals surface area contributed by atoms with Crippen molar-refractivity contribution in [1.29, 1.82) is 0 Å². The fourth-order valence-electron chi connectivity index (χ4n) is 1.97. The number of nitrogens with two attached hydrogens (primary N) is 1. The maximum atomic E-state index is 11.9. The van der Waals surface area contributed by atoms with Crippen LogP contribution in [0.25, 0.3) is 5.69 Å². The Bertz CT molecular complexity index is 589. The first kappa shape index (κ1) is 13.1. The molecule has 0 aliphatic heterocycles. The highest BCUT2D eigenvalue weighted by Crippen LogP contribution is 2.20. The van der Waals surface area contributed by atoms with Gasteiger partial charge < -0.3 is 15.6 Å². The van der Waals surface area contributed by atoms with Crippen molar-refractivity contribution >= 4 is 11.6 Å². The van der Waals surface area contributed by atoms with Crippen molar-refractivity contribution in [3.63, 3.8) is 0 Å². The molecule has 1 aromatic heterocycles. The van der Waals surface area contributed by atoms with E-state index < -0.39 is 0 Å². The molecule has 0 atom stereocenters. The van der Waals surface area contributed by atoms with Gasteiger partial charge >= 0.3 is 0 Å². The van der Waals surface area contributed by atoms with Gasteiger partial charge in [0, 0.05) is 30.9 Å². The van der Waals surface area contributed by atoms with Crippen LogP contribution in [0, 0.1) is 0 Å². The molecule has 5 nitrogen and oxygen atoms in total. The Kier molecular flexibility index (Phi) is 3.85. The summed E-state index contributed by atoms with van der Waals surface area (Å²) in [5.74, 6) is 0.821. The van der Waals surface area contributed by atoms with E-state index in [1.165, 1.54) is 0 Å². The summed E-state index contributed by atoms with van der Waals surface area (Å²) in [6, 6.07) is 5.27. The molecular formula is C14H18N4O. The third-order valence-electron chi connectivity index (χ3n) is 2.92. The van der Waals surface area contributed by atoms with Crippen molar-refractivity contribution < 1.29 is 4.79 Å². The Hall–Kier alpha value is -2.30. The summed E-state index contributed by atoms with van der Waals surface area (Å²) in [5, 5.41) is 2.78. The monoisotopic (exact) mass is 258 g/mol. The first-order valence-electron chi connectivity index (χ1n) is 6.37. The van der Waals surface area contributed by atoms with Crippen LogP contribution in [0.3, 0.4) is 0 Å². The van der Waals surface area contributed by atoms with Gasteiger partial charge in [0.1, 0.15) is 5.82 Å². The smallest absolute Gasteiger partial charge is 0.251 e. The van der Waals surface area contributed by atoms with Gasteiger partial charge in [0.05, 0.1) is 11.4 Å². The number of carbonyl (C=O) groups is 1. The van der Waals surface area contributed by atoms with Crippen molar-refractivity contribution in [1.82, 2.24) is 14.9 Å². The summed E-state index contributed by atoms with van der Waals surface area (Å²) in [5.41, 5.74) is 8.01. The molecule has 2 aromatic rings. The average Bonchev–Trinajstić information content (AvgIpc) is 2.87. The van der Waals surface area contributed by atoms with Gasteiger partial charge in [0.15, 0.2) is 0 Å². The van der Waals surface area contributed by atoms with E-state index in [0.29, 0.717) is 17.8 Å². The summed E-state index contributed by atoms with van der Waals surface area (Å²) in [6.07, 6.45) is 4.39. The fraction of sp³-hybridized carbons (Fsp3) is 0.286. The molecule has 100 valence electrons. The molecule has 0 saturated carbocycles. The normalized spacial score (nSPS) is 10.4. The van der Waals surface area contributed by atoms with Crippen LogP contribution in [0.4, 0.5) is 5.69 Å². The molecule has 5 heteroatoms. The molecule has 0 aliphatic carbocycles. The molecule has 0 radical (unpaired) electrons. The molecule has 1 amide bonds. The zero-order chi connectivity index (χ0) is 13.8. The second-order valence-electron chi connectivity index (χ2n) is 4.20. The van der Waals surface area contributed by atoms with E-state index >= 15 is 0 Å². The summed E-state index contributed by atoms with van der Waals surface area (Å²) in [7, 11) is 0. The van der Waals surface area contributed by atoms with Crippen LogP contribution in [-0.4, -0.2) is 22.0 Å². The molecule has 19 heavy (non-hydrogen) atoms. The first-order valence-corrected chi connectivity index (χ1v) is 6.37. The number of hydrogen-bond acceptors (Lipinski definition) is 3. The van der Waals surface area contributed by atoms with Crippen molar-refractivity contribution in [2.24, 2.45) is 0 Å². The number of nitrogens with zero attached hydrogens (tertiary/aromatic N) is 2. The number of imidazole rings is 1. The predicted molar refractivity (Wildman–Crippen MR) is 75.4 cm³/mol. The second kappa shape index (κ2) is 5.56. The number of carbonyl (C=O) groups excluding carboxylic acids is 1. The number of nitrogen functional groups attached to an aromatic ring is 1. The third-order valence-corrected chi connectivity index (χ3v) is 2.92. The van der Waals surface area contributed by atoms with Crippen LogP contribution in [0.1, 0.15) is 30.0 Å². The average molecular weight is 258 g/mol. The van der Waals surface area contributed by atoms with Gasteiger partial charge in [-0.2, -0.15) is 0 Å². The van der Waals surface area contributed by atoms with Gasteiger partial charge in [-0.05, 0) is 25.1 Å². The first-order chi connectivity index (χ1) is 9.17. The largest absolute Gasteiger partial charge is 0.397 e. The van der Waals surface area contributed by atoms with E-state index in [1.807, 2.05) is 24.6 Å². The SMILES string of the molecule is CCNC(=O)c1ccc(N)c(-n2ccnc2CC)c1. The molecule has 0 saturated heterocycles. The summed E-state index contributed by atoms with van der Waals surface area (Å²) < 4.78 is 1.91. The van der Waals surface area contributed by atoms with Gasteiger partial charge in [0.25, 0.3) is 5.91 Å². The molecule has 3 N–H and O–H groups in total. The Morgan fingerprint density at radius 2 is 2.21 bits per heavy atom. The summed E-state index contributed by atoms with van der Waals surface area (Å²) in [4.78, 5) is 16.1. The predicted octanol–water partition coefficient (Wildman–Crippen LogP) is 1.77. The molecule has 1 heterocycles. The van der Waals surface area contributed by atoms with Crippen LogP contribution in [0.5, 0.6) is 0 Å². The third kappa shape index (κ3) is 2.59. The van der Waals surface area contributed by atoms with E-state index in [4.69, 9.17) is 5.73 Å². The Morgan fingerprint density at radius 3 is 2.89 bits per heavy atom. The zero-order valence-electron chi connectivity index (χ0n) is 11.2. The van der Waals surface area contributed by atoms with Crippen LogP contribution >= 0.6 is 0 Å². The number of aromatic nitrogens is 2. The van der Waals surface area contributed by atoms with Gasteiger partial charge in [-0.15, -0.1) is 0 Å². The summed E-state index contributed by atoms with van der Waals surface area (Å²) >= 11 is 0. The van der Waals surface area contributed by atoms with Gasteiger partial charge in [-0.1, -0.05) is 6.92 Å². The number of rotatable bonds is 4. The van der Waals surface area contributed by atoms with Crippen molar-refractivity contribution in [3.8, 4) is 5.69 Å². The maximum absolute atomic E-state index is 11.9. The van der Waals surface area contributed by atoms with Crippen molar-refractivity contribution in [2.45, 2.75) is 20.3 Å². The van der Waals surface area contributed by atoms with Crippen molar-refractivity contribution in [3.05, 3.63) is 42.0 Å². The molecular weight excluding hydrogens is 240 g/mol. The lowest BCUT2D eigenvalue weighted by atomic mass is 10.1. The lowest BCUT2D eigenvalue weighted by Gasteiger charge is -2.11. The highest BCUT2D eigenvalue weighted by molar-refractivity contribution is 5.95. The standard InChI is InChI=1S/C14H18N4O/c1-3-13-17-7-8-18(13)12-9-10(5-6-11(12)15)14(19)16-4-2/h5-9H,3-4,15H2,1-2H3,(H,16,19). The number of nitrogens with one attached hydrogen (secondary N) is 1. The number of benzene rings is 1.